The van der Waals surface area contributed by atoms with Crippen LogP contribution in [0.5, 0.6) is 0 Å². The van der Waals surface area contributed by atoms with Crippen molar-refractivity contribution < 1.29 is 9.29 Å². The lowest BCUT2D eigenvalue weighted by atomic mass is 11.6. The zero-order valence-electron chi connectivity index (χ0n) is 3.93. The molecule has 0 aliphatic carbocycles. The third-order valence-corrected chi connectivity index (χ3v) is 0.851. The summed E-state index contributed by atoms with van der Waals surface area (Å²) in [6.45, 7) is -0.407. The molecule has 0 aromatic heterocycles. The predicted molar refractivity (Wildman–Crippen MR) is 25.2 cm³/mol. The first kappa shape index (κ1) is 6.27. The molecule has 0 atom stereocenters. The van der Waals surface area contributed by atoms with E-state index in [0.29, 0.717) is 0 Å². The van der Waals surface area contributed by atoms with Gasteiger partial charge in [0.15, 0.2) is 0 Å². The van der Waals surface area contributed by atoms with Crippen LogP contribution in [0.1, 0.15) is 0 Å². The lowest BCUT2D eigenvalue weighted by molar-refractivity contribution is -0.411. The molecule has 0 N–H and O–H groups in total. The summed E-state index contributed by atoms with van der Waals surface area (Å²) in [5.74, 6) is 0. The standard InChI is InChI=1S/C3H8O2S/c1-6(2)5-3-4/h3H2,1-2H3. The van der Waals surface area contributed by atoms with Gasteiger partial charge in [-0.2, -0.15) is 4.18 Å². The zero-order valence-corrected chi connectivity index (χ0v) is 4.75. The van der Waals surface area contributed by atoms with Crippen LogP contribution in [-0.2, 0) is 15.4 Å². The lowest BCUT2D eigenvalue weighted by Crippen LogP contribution is -2.13. The van der Waals surface area contributed by atoms with Gasteiger partial charge in [-0.05, 0) is 0 Å². The van der Waals surface area contributed by atoms with Crippen LogP contribution in [0, 0.1) is 0 Å². The van der Waals surface area contributed by atoms with Crippen LogP contribution in [-0.4, -0.2) is 19.3 Å². The summed E-state index contributed by atoms with van der Waals surface area (Å²) in [6, 6.07) is 0. The Morgan fingerprint density at radius 1 is 1.67 bits per heavy atom. The molecule has 0 saturated heterocycles. The van der Waals surface area contributed by atoms with E-state index in [0.717, 1.165) is 0 Å². The fourth-order valence-electron chi connectivity index (χ4n) is 0.0962. The maximum Gasteiger partial charge on any atom is 0.138 e. The van der Waals surface area contributed by atoms with Crippen molar-refractivity contribution in [1.29, 1.82) is 0 Å². The summed E-state index contributed by atoms with van der Waals surface area (Å²) in [5, 5.41) is 9.52. The predicted octanol–water partition coefficient (Wildman–Crippen LogP) is -0.886. The smallest absolute Gasteiger partial charge is 0.138 e. The van der Waals surface area contributed by atoms with Crippen molar-refractivity contribution in [1.82, 2.24) is 0 Å². The number of hydrogen-bond donors (Lipinski definition) is 0. The molecule has 0 aromatic carbocycles. The Bertz CT molecular complexity index is 30.0. The summed E-state index contributed by atoms with van der Waals surface area (Å²) in [5.41, 5.74) is 0. The maximum absolute atomic E-state index is 9.52. The third kappa shape index (κ3) is 4.27. The lowest BCUT2D eigenvalue weighted by Gasteiger charge is -1.96. The first-order valence-electron chi connectivity index (χ1n) is 1.56. The monoisotopic (exact) mass is 108 g/mol. The minimum Gasteiger partial charge on any atom is -0.830 e. The van der Waals surface area contributed by atoms with E-state index < -0.39 is 6.79 Å². The molecule has 0 heterocycles. The second-order valence-corrected chi connectivity index (χ2v) is 2.70. The van der Waals surface area contributed by atoms with Crippen molar-refractivity contribution in [3.05, 3.63) is 0 Å². The van der Waals surface area contributed by atoms with Crippen LogP contribution < -0.4 is 5.11 Å². The molecule has 0 amide bonds. The Morgan fingerprint density at radius 3 is 2.17 bits per heavy atom. The van der Waals surface area contributed by atoms with Gasteiger partial charge >= 0.3 is 0 Å². The van der Waals surface area contributed by atoms with Gasteiger partial charge in [0.25, 0.3) is 0 Å². The molecule has 0 aliphatic heterocycles. The largest absolute Gasteiger partial charge is 0.830 e. The summed E-state index contributed by atoms with van der Waals surface area (Å²) in [7, 11) is 0. The quantitative estimate of drug-likeness (QED) is 0.339. The van der Waals surface area contributed by atoms with Crippen LogP contribution in [0.3, 0.4) is 0 Å². The first-order valence-corrected chi connectivity index (χ1v) is 3.53. The van der Waals surface area contributed by atoms with Gasteiger partial charge in [-0.1, -0.05) is 0 Å². The van der Waals surface area contributed by atoms with Crippen molar-refractivity contribution in [3.8, 4) is 0 Å². The van der Waals surface area contributed by atoms with E-state index in [-0.39, 0.29) is 11.2 Å². The van der Waals surface area contributed by atoms with Gasteiger partial charge in [0, 0.05) is 6.79 Å². The van der Waals surface area contributed by atoms with Crippen LogP contribution in [0.4, 0.5) is 0 Å². The molecule has 0 aliphatic rings. The van der Waals surface area contributed by atoms with Crippen molar-refractivity contribution in [2.45, 2.75) is 0 Å². The van der Waals surface area contributed by atoms with Gasteiger partial charge in [0.2, 0.25) is 0 Å². The van der Waals surface area contributed by atoms with Gasteiger partial charge < -0.3 is 5.11 Å². The molecule has 3 heteroatoms. The van der Waals surface area contributed by atoms with Crippen molar-refractivity contribution >= 4 is 11.2 Å². The molecule has 38 valence electrons. The van der Waals surface area contributed by atoms with Crippen LogP contribution >= 0.6 is 0 Å². The van der Waals surface area contributed by atoms with E-state index in [9.17, 15) is 5.11 Å². The minimum absolute atomic E-state index is 0.128. The Labute approximate surface area is 40.7 Å². The molecule has 0 saturated carbocycles. The second-order valence-electron chi connectivity index (χ2n) is 0.977. The number of hydrogen-bond acceptors (Lipinski definition) is 2. The summed E-state index contributed by atoms with van der Waals surface area (Å²) in [4.78, 5) is 0. The Kier molecular flexibility index (Phi) is 3.62. The Balaban J connectivity index is 2.63. The molecule has 0 fully saturated rings. The first-order chi connectivity index (χ1) is 2.77. The van der Waals surface area contributed by atoms with Gasteiger partial charge in [0.05, 0.1) is 0 Å². The maximum atomic E-state index is 9.52. The fourth-order valence-corrected chi connectivity index (χ4v) is 0.289. The summed E-state index contributed by atoms with van der Waals surface area (Å²) < 4.78 is 4.51. The van der Waals surface area contributed by atoms with E-state index in [1.807, 2.05) is 12.5 Å². The molecule has 2 nitrogen and oxygen atoms in total. The molecule has 0 aromatic rings. The minimum atomic E-state index is -0.407. The zero-order chi connectivity index (χ0) is 4.99. The van der Waals surface area contributed by atoms with Crippen LogP contribution in [0.2, 0.25) is 0 Å². The Hall–Kier alpha value is 0.270. The van der Waals surface area contributed by atoms with E-state index in [1.165, 1.54) is 0 Å². The SMILES string of the molecule is C[S+](C)OC[O-]. The molecule has 0 bridgehead atoms. The van der Waals surface area contributed by atoms with Gasteiger partial charge in [-0.3, -0.25) is 0 Å². The topological polar surface area (TPSA) is 32.3 Å². The third-order valence-electron chi connectivity index (χ3n) is 0.284. The summed E-state index contributed by atoms with van der Waals surface area (Å²) >= 11 is -0.128. The fraction of sp³-hybridized carbons (Fsp3) is 1.00. The molecule has 0 spiro atoms. The Morgan fingerprint density at radius 2 is 2.17 bits per heavy atom. The normalized spacial score (nSPS) is 10.0. The van der Waals surface area contributed by atoms with E-state index in [4.69, 9.17) is 0 Å². The van der Waals surface area contributed by atoms with Gasteiger partial charge in [-0.25, -0.2) is 0 Å². The second kappa shape index (κ2) is 3.46. The highest BCUT2D eigenvalue weighted by atomic mass is 32.2. The van der Waals surface area contributed by atoms with Crippen LogP contribution in [0.25, 0.3) is 0 Å². The van der Waals surface area contributed by atoms with E-state index in [2.05, 4.69) is 4.18 Å². The molecule has 0 rings (SSSR count). The average molecular weight is 108 g/mol. The molecular formula is C3H8O2S. The van der Waals surface area contributed by atoms with E-state index in [1.54, 1.807) is 0 Å². The van der Waals surface area contributed by atoms with E-state index >= 15 is 0 Å². The van der Waals surface area contributed by atoms with Crippen molar-refractivity contribution in [2.75, 3.05) is 19.3 Å². The number of rotatable bonds is 2. The highest BCUT2D eigenvalue weighted by molar-refractivity contribution is 7.90. The highest BCUT2D eigenvalue weighted by Crippen LogP contribution is 1.80. The van der Waals surface area contributed by atoms with Crippen LogP contribution in [0.15, 0.2) is 0 Å². The molecule has 6 heavy (non-hydrogen) atoms. The molecule has 0 radical (unpaired) electrons. The van der Waals surface area contributed by atoms with Gasteiger partial charge in [0.1, 0.15) is 23.7 Å². The van der Waals surface area contributed by atoms with Crippen molar-refractivity contribution in [2.24, 2.45) is 0 Å². The summed E-state index contributed by atoms with van der Waals surface area (Å²) in [6.07, 6.45) is 3.72. The molecular weight excluding hydrogens is 100 g/mol. The molecule has 0 unspecified atom stereocenters. The highest BCUT2D eigenvalue weighted by Gasteiger charge is 1.93. The van der Waals surface area contributed by atoms with Gasteiger partial charge in [-0.15, -0.1) is 0 Å². The van der Waals surface area contributed by atoms with Crippen molar-refractivity contribution in [3.63, 3.8) is 0 Å². The average Bonchev–Trinajstić information content (AvgIpc) is 1.35.